The van der Waals surface area contributed by atoms with Gasteiger partial charge < -0.3 is 0 Å². The van der Waals surface area contributed by atoms with Crippen molar-refractivity contribution in [2.75, 3.05) is 0 Å². The Morgan fingerprint density at radius 2 is 0.534 bits per heavy atom. The molecular weight excluding hydrogens is 697 g/mol. The monoisotopic (exact) mass is 765 g/mol. The number of fused-ring (bicyclic) bond motifs is 3. The van der Waals surface area contributed by atoms with Crippen LogP contribution in [0.1, 0.15) is 176 Å². The van der Waals surface area contributed by atoms with Crippen LogP contribution in [0.2, 0.25) is 0 Å². The molecule has 0 fully saturated rings. The molecule has 58 heavy (non-hydrogen) atoms. The molecule has 0 aliphatic rings. The molecule has 0 aliphatic carbocycles. The van der Waals surface area contributed by atoms with Crippen LogP contribution in [-0.4, -0.2) is 0 Å². The fraction of sp³-hybridized carbons (Fsp3) is 0.414. The Labute approximate surface area is 352 Å². The molecule has 6 rings (SSSR count). The van der Waals surface area contributed by atoms with E-state index in [1.165, 1.54) is 185 Å². The van der Waals surface area contributed by atoms with Crippen LogP contribution >= 0.6 is 0 Å². The summed E-state index contributed by atoms with van der Waals surface area (Å²) >= 11 is 0. The molecule has 0 amide bonds. The summed E-state index contributed by atoms with van der Waals surface area (Å²) in [6.07, 6.45) is 30.0. The third-order valence-electron chi connectivity index (χ3n) is 12.0. The zero-order valence-corrected chi connectivity index (χ0v) is 35.9. The molecular formula is C58H68. The molecule has 0 atom stereocenters. The number of aryl methyl sites for hydroxylation is 2. The fourth-order valence-electron chi connectivity index (χ4n) is 8.34. The molecule has 0 saturated heterocycles. The van der Waals surface area contributed by atoms with Gasteiger partial charge in [-0.3, -0.25) is 0 Å². The van der Waals surface area contributed by atoms with Gasteiger partial charge in [0.05, 0.1) is 0 Å². The smallest absolute Gasteiger partial charge is 0.0255 e. The second-order valence-electron chi connectivity index (χ2n) is 16.9. The highest BCUT2D eigenvalue weighted by Crippen LogP contribution is 2.29. The number of benzene rings is 6. The summed E-state index contributed by atoms with van der Waals surface area (Å²) in [6, 6.07) is 40.2. The van der Waals surface area contributed by atoms with Crippen LogP contribution in [0.3, 0.4) is 0 Å². The summed E-state index contributed by atoms with van der Waals surface area (Å²) in [5.41, 5.74) is 7.11. The Morgan fingerprint density at radius 1 is 0.259 bits per heavy atom. The average Bonchev–Trinajstić information content (AvgIpc) is 3.25. The molecule has 0 nitrogen and oxygen atoms in total. The summed E-state index contributed by atoms with van der Waals surface area (Å²) in [5, 5.41) is 7.42. The number of hydrogen-bond acceptors (Lipinski definition) is 0. The van der Waals surface area contributed by atoms with E-state index in [9.17, 15) is 0 Å². The van der Waals surface area contributed by atoms with E-state index in [1.54, 1.807) is 0 Å². The van der Waals surface area contributed by atoms with Crippen molar-refractivity contribution in [3.63, 3.8) is 0 Å². The largest absolute Gasteiger partial charge is 0.0654 e. The lowest BCUT2D eigenvalue weighted by atomic mass is 9.97. The zero-order chi connectivity index (χ0) is 40.0. The molecule has 0 bridgehead atoms. The lowest BCUT2D eigenvalue weighted by molar-refractivity contribution is 0.556. The van der Waals surface area contributed by atoms with E-state index in [2.05, 4.69) is 147 Å². The molecule has 0 heterocycles. The zero-order valence-electron chi connectivity index (χ0n) is 35.9. The first-order chi connectivity index (χ1) is 28.7. The van der Waals surface area contributed by atoms with Crippen molar-refractivity contribution < 1.29 is 0 Å². The molecule has 0 saturated carbocycles. The summed E-state index contributed by atoms with van der Waals surface area (Å²) in [6.45, 7) is 4.58. The summed E-state index contributed by atoms with van der Waals surface area (Å²) < 4.78 is 0. The highest BCUT2D eigenvalue weighted by atomic mass is 14.1. The van der Waals surface area contributed by atoms with Gasteiger partial charge in [0, 0.05) is 22.3 Å². The van der Waals surface area contributed by atoms with E-state index >= 15 is 0 Å². The minimum Gasteiger partial charge on any atom is -0.0654 e. The maximum atomic E-state index is 3.43. The molecule has 0 spiro atoms. The quantitative estimate of drug-likeness (QED) is 0.0367. The molecule has 0 aliphatic heterocycles. The topological polar surface area (TPSA) is 0 Å². The van der Waals surface area contributed by atoms with Crippen LogP contribution in [0.15, 0.2) is 109 Å². The lowest BCUT2D eigenvalue weighted by Gasteiger charge is -2.06. The van der Waals surface area contributed by atoms with E-state index < -0.39 is 0 Å². The van der Waals surface area contributed by atoms with E-state index in [-0.39, 0.29) is 0 Å². The van der Waals surface area contributed by atoms with Crippen molar-refractivity contribution in [3.8, 4) is 23.7 Å². The standard InChI is InChI=1S/C58H68/c1-3-5-7-9-11-13-15-17-19-21-23-47-25-29-49(30-26-47)33-35-51-37-39-53-43-58-46-56-42-52(38-40-54(56)44-57(58)45-55(53)41-51)36-34-50-31-27-48(28-32-50)24-22-20-18-16-14-12-10-8-6-4-2/h25-32,37-46H,3-24H2,1-2H3. The lowest BCUT2D eigenvalue weighted by Crippen LogP contribution is -1.87. The van der Waals surface area contributed by atoms with Gasteiger partial charge in [0.1, 0.15) is 0 Å². The average molecular weight is 765 g/mol. The van der Waals surface area contributed by atoms with Crippen molar-refractivity contribution in [3.05, 3.63) is 143 Å². The minimum atomic E-state index is 1.05. The maximum Gasteiger partial charge on any atom is 0.0255 e. The van der Waals surface area contributed by atoms with Crippen molar-refractivity contribution in [1.82, 2.24) is 0 Å². The van der Waals surface area contributed by atoms with Gasteiger partial charge in [-0.15, -0.1) is 0 Å². The normalized spacial score (nSPS) is 11.1. The van der Waals surface area contributed by atoms with Crippen LogP contribution in [0.25, 0.3) is 32.3 Å². The Kier molecular flexibility index (Phi) is 17.9. The Bertz CT molecular complexity index is 2100. The van der Waals surface area contributed by atoms with Crippen molar-refractivity contribution in [2.24, 2.45) is 0 Å². The molecule has 0 N–H and O–H groups in total. The third kappa shape index (κ3) is 14.2. The highest BCUT2D eigenvalue weighted by Gasteiger charge is 2.04. The van der Waals surface area contributed by atoms with Gasteiger partial charge in [-0.25, -0.2) is 0 Å². The van der Waals surface area contributed by atoms with Gasteiger partial charge in [-0.05, 0) is 142 Å². The second-order valence-corrected chi connectivity index (χ2v) is 16.9. The van der Waals surface area contributed by atoms with Gasteiger partial charge in [-0.1, -0.05) is 190 Å². The van der Waals surface area contributed by atoms with E-state index in [4.69, 9.17) is 0 Å². The summed E-state index contributed by atoms with van der Waals surface area (Å²) in [5.74, 6) is 13.7. The van der Waals surface area contributed by atoms with Crippen molar-refractivity contribution in [1.29, 1.82) is 0 Å². The van der Waals surface area contributed by atoms with Crippen molar-refractivity contribution in [2.45, 2.75) is 155 Å². The van der Waals surface area contributed by atoms with E-state index in [0.29, 0.717) is 0 Å². The minimum absolute atomic E-state index is 1.05. The van der Waals surface area contributed by atoms with Gasteiger partial charge >= 0.3 is 0 Å². The van der Waals surface area contributed by atoms with E-state index in [1.807, 2.05) is 0 Å². The van der Waals surface area contributed by atoms with Gasteiger partial charge in [0.2, 0.25) is 0 Å². The predicted octanol–water partition coefficient (Wildman–Crippen LogP) is 16.9. The fourth-order valence-corrected chi connectivity index (χ4v) is 8.34. The highest BCUT2D eigenvalue weighted by molar-refractivity contribution is 6.05. The van der Waals surface area contributed by atoms with Gasteiger partial charge in [0.25, 0.3) is 0 Å². The molecule has 0 aromatic heterocycles. The molecule has 0 unspecified atom stereocenters. The SMILES string of the molecule is CCCCCCCCCCCCc1ccc(C#Cc2ccc3cc4cc5cc(C#Cc6ccc(CCCCCCCCCCCC)cc6)ccc5cc4cc3c2)cc1. The maximum absolute atomic E-state index is 3.43. The molecule has 0 heteroatoms. The van der Waals surface area contributed by atoms with Crippen LogP contribution in [0, 0.1) is 23.7 Å². The second kappa shape index (κ2) is 24.2. The first-order valence-corrected chi connectivity index (χ1v) is 23.3. The first-order valence-electron chi connectivity index (χ1n) is 23.3. The van der Waals surface area contributed by atoms with Crippen LogP contribution in [0.4, 0.5) is 0 Å². The van der Waals surface area contributed by atoms with Crippen molar-refractivity contribution >= 4 is 32.3 Å². The first kappa shape index (κ1) is 42.8. The predicted molar refractivity (Wildman–Crippen MR) is 255 cm³/mol. The van der Waals surface area contributed by atoms with Gasteiger partial charge in [-0.2, -0.15) is 0 Å². The number of rotatable bonds is 22. The van der Waals surface area contributed by atoms with Gasteiger partial charge in [0.15, 0.2) is 0 Å². The Morgan fingerprint density at radius 3 is 0.897 bits per heavy atom. The third-order valence-corrected chi connectivity index (χ3v) is 12.0. The molecule has 6 aromatic carbocycles. The van der Waals surface area contributed by atoms with Crippen LogP contribution < -0.4 is 0 Å². The van der Waals surface area contributed by atoms with Crippen LogP contribution in [0.5, 0.6) is 0 Å². The Hall–Kier alpha value is -4.78. The van der Waals surface area contributed by atoms with E-state index in [0.717, 1.165) is 22.3 Å². The van der Waals surface area contributed by atoms with Crippen LogP contribution in [-0.2, 0) is 12.8 Å². The molecule has 0 radical (unpaired) electrons. The summed E-state index contributed by atoms with van der Waals surface area (Å²) in [7, 11) is 0. The number of hydrogen-bond donors (Lipinski definition) is 0. The molecule has 300 valence electrons. The summed E-state index contributed by atoms with van der Waals surface area (Å²) in [4.78, 5) is 0. The Balaban J connectivity index is 0.980. The molecule has 6 aromatic rings. The number of unbranched alkanes of at least 4 members (excludes halogenated alkanes) is 18.